The largest absolute Gasteiger partial charge is 0.481 e. The molecule has 1 saturated carbocycles. The van der Waals surface area contributed by atoms with E-state index in [0.29, 0.717) is 25.7 Å². The fourth-order valence-electron chi connectivity index (χ4n) is 2.71. The number of carbonyl (C=O) groups is 1. The van der Waals surface area contributed by atoms with Gasteiger partial charge in [-0.2, -0.15) is 0 Å². The second kappa shape index (κ2) is 7.24. The average molecular weight is 291 g/mol. The summed E-state index contributed by atoms with van der Waals surface area (Å²) in [6.45, 7) is 3.99. The standard InChI is InChI=1S/C13H25NO4S/c1-3-4-10(2)9-19(17,18)14-12-7-5-11(6-8-12)13(15)16/h10-12,14H,3-9H2,1-2H3,(H,15,16). The van der Waals surface area contributed by atoms with E-state index < -0.39 is 16.0 Å². The molecule has 0 saturated heterocycles. The maximum absolute atomic E-state index is 12.0. The van der Waals surface area contributed by atoms with Gasteiger partial charge in [0.05, 0.1) is 11.7 Å². The Kier molecular flexibility index (Phi) is 6.26. The quantitative estimate of drug-likeness (QED) is 0.751. The fourth-order valence-corrected chi connectivity index (χ4v) is 4.47. The zero-order chi connectivity index (χ0) is 14.5. The number of aliphatic carboxylic acids is 1. The van der Waals surface area contributed by atoms with Gasteiger partial charge in [0.25, 0.3) is 0 Å². The van der Waals surface area contributed by atoms with E-state index in [9.17, 15) is 13.2 Å². The van der Waals surface area contributed by atoms with Gasteiger partial charge in [0.15, 0.2) is 0 Å². The maximum Gasteiger partial charge on any atom is 0.306 e. The Bertz CT molecular complexity index is 385. The van der Waals surface area contributed by atoms with Gasteiger partial charge in [0.2, 0.25) is 10.0 Å². The van der Waals surface area contributed by atoms with Crippen LogP contribution in [0.15, 0.2) is 0 Å². The van der Waals surface area contributed by atoms with Crippen LogP contribution in [0.2, 0.25) is 0 Å². The molecule has 1 aliphatic rings. The molecular weight excluding hydrogens is 266 g/mol. The predicted molar refractivity (Wildman–Crippen MR) is 74.4 cm³/mol. The molecule has 1 aliphatic carbocycles. The van der Waals surface area contributed by atoms with Crippen LogP contribution in [0.5, 0.6) is 0 Å². The molecule has 0 amide bonds. The predicted octanol–water partition coefficient (Wildman–Crippen LogP) is 1.99. The summed E-state index contributed by atoms with van der Waals surface area (Å²) in [6, 6.07) is -0.0885. The zero-order valence-electron chi connectivity index (χ0n) is 11.8. The van der Waals surface area contributed by atoms with Crippen LogP contribution in [-0.2, 0) is 14.8 Å². The molecule has 1 rings (SSSR count). The summed E-state index contributed by atoms with van der Waals surface area (Å²) in [7, 11) is -3.24. The van der Waals surface area contributed by atoms with Crippen molar-refractivity contribution in [3.63, 3.8) is 0 Å². The Morgan fingerprint density at radius 1 is 1.32 bits per heavy atom. The van der Waals surface area contributed by atoms with Crippen molar-refractivity contribution in [3.8, 4) is 0 Å². The Balaban J connectivity index is 2.41. The lowest BCUT2D eigenvalue weighted by atomic mass is 9.87. The van der Waals surface area contributed by atoms with Crippen molar-refractivity contribution in [3.05, 3.63) is 0 Å². The molecule has 1 atom stereocenters. The lowest BCUT2D eigenvalue weighted by Crippen LogP contribution is -2.40. The molecule has 0 aromatic heterocycles. The number of carboxylic acids is 1. The number of nitrogens with one attached hydrogen (secondary N) is 1. The van der Waals surface area contributed by atoms with Gasteiger partial charge in [-0.05, 0) is 38.0 Å². The molecule has 0 aliphatic heterocycles. The summed E-state index contributed by atoms with van der Waals surface area (Å²) < 4.78 is 26.7. The summed E-state index contributed by atoms with van der Waals surface area (Å²) >= 11 is 0. The van der Waals surface area contributed by atoms with E-state index in [4.69, 9.17) is 5.11 Å². The Hall–Kier alpha value is -0.620. The Morgan fingerprint density at radius 3 is 2.37 bits per heavy atom. The number of sulfonamides is 1. The molecule has 0 spiro atoms. The Labute approximate surface area is 115 Å². The van der Waals surface area contributed by atoms with E-state index in [1.807, 2.05) is 13.8 Å². The van der Waals surface area contributed by atoms with E-state index in [-0.39, 0.29) is 23.6 Å². The van der Waals surface area contributed by atoms with Gasteiger partial charge >= 0.3 is 5.97 Å². The first-order valence-corrected chi connectivity index (χ1v) is 8.72. The van der Waals surface area contributed by atoms with Crippen molar-refractivity contribution in [2.45, 2.75) is 58.4 Å². The van der Waals surface area contributed by atoms with Crippen LogP contribution in [0, 0.1) is 11.8 Å². The molecule has 112 valence electrons. The van der Waals surface area contributed by atoms with Crippen molar-refractivity contribution in [2.24, 2.45) is 11.8 Å². The van der Waals surface area contributed by atoms with E-state index >= 15 is 0 Å². The molecular formula is C13H25NO4S. The molecule has 1 unspecified atom stereocenters. The molecule has 6 heteroatoms. The maximum atomic E-state index is 12.0. The van der Waals surface area contributed by atoms with Crippen LogP contribution in [-0.4, -0.2) is 31.3 Å². The van der Waals surface area contributed by atoms with Gasteiger partial charge in [-0.25, -0.2) is 13.1 Å². The normalized spacial score (nSPS) is 26.0. The summed E-state index contributed by atoms with van der Waals surface area (Å²) in [4.78, 5) is 10.8. The number of rotatable bonds is 7. The molecule has 1 fully saturated rings. The number of hydrogen-bond donors (Lipinski definition) is 2. The van der Waals surface area contributed by atoms with Crippen LogP contribution in [0.3, 0.4) is 0 Å². The van der Waals surface area contributed by atoms with E-state index in [1.54, 1.807) is 0 Å². The van der Waals surface area contributed by atoms with Gasteiger partial charge in [-0.3, -0.25) is 4.79 Å². The summed E-state index contributed by atoms with van der Waals surface area (Å²) in [5.41, 5.74) is 0. The highest BCUT2D eigenvalue weighted by atomic mass is 32.2. The SMILES string of the molecule is CCCC(C)CS(=O)(=O)NC1CCC(C(=O)O)CC1. The van der Waals surface area contributed by atoms with Crippen molar-refractivity contribution in [1.29, 1.82) is 0 Å². The first-order valence-electron chi connectivity index (χ1n) is 7.07. The molecule has 0 aromatic carbocycles. The van der Waals surface area contributed by atoms with Gasteiger partial charge in [-0.1, -0.05) is 20.3 Å². The first kappa shape index (κ1) is 16.4. The van der Waals surface area contributed by atoms with Crippen molar-refractivity contribution < 1.29 is 18.3 Å². The van der Waals surface area contributed by atoms with Gasteiger partial charge in [0, 0.05) is 6.04 Å². The van der Waals surface area contributed by atoms with Crippen molar-refractivity contribution >= 4 is 16.0 Å². The monoisotopic (exact) mass is 291 g/mol. The lowest BCUT2D eigenvalue weighted by Gasteiger charge is -2.27. The minimum atomic E-state index is -3.24. The molecule has 0 aromatic rings. The van der Waals surface area contributed by atoms with Gasteiger partial charge < -0.3 is 5.11 Å². The van der Waals surface area contributed by atoms with Crippen LogP contribution < -0.4 is 4.72 Å². The third-order valence-corrected chi connectivity index (χ3v) is 5.41. The number of hydrogen-bond acceptors (Lipinski definition) is 3. The fraction of sp³-hybridized carbons (Fsp3) is 0.923. The Morgan fingerprint density at radius 2 is 1.89 bits per heavy atom. The molecule has 0 heterocycles. The third kappa shape index (κ3) is 5.91. The molecule has 0 bridgehead atoms. The molecule has 0 radical (unpaired) electrons. The summed E-state index contributed by atoms with van der Waals surface area (Å²) in [6.07, 6.45) is 4.27. The van der Waals surface area contributed by atoms with Crippen molar-refractivity contribution in [2.75, 3.05) is 5.75 Å². The number of carboxylic acid groups (broad SMARTS) is 1. The van der Waals surface area contributed by atoms with Crippen LogP contribution in [0.1, 0.15) is 52.4 Å². The van der Waals surface area contributed by atoms with Crippen molar-refractivity contribution in [1.82, 2.24) is 4.72 Å². The van der Waals surface area contributed by atoms with E-state index in [1.165, 1.54) is 0 Å². The highest BCUT2D eigenvalue weighted by molar-refractivity contribution is 7.89. The summed E-state index contributed by atoms with van der Waals surface area (Å²) in [5.74, 6) is -0.741. The highest BCUT2D eigenvalue weighted by Gasteiger charge is 2.28. The van der Waals surface area contributed by atoms with Gasteiger partial charge in [-0.15, -0.1) is 0 Å². The average Bonchev–Trinajstić information content (AvgIpc) is 2.28. The minimum Gasteiger partial charge on any atom is -0.481 e. The molecule has 19 heavy (non-hydrogen) atoms. The van der Waals surface area contributed by atoms with Crippen LogP contribution >= 0.6 is 0 Å². The van der Waals surface area contributed by atoms with E-state index in [2.05, 4.69) is 4.72 Å². The highest BCUT2D eigenvalue weighted by Crippen LogP contribution is 2.25. The minimum absolute atomic E-state index is 0.0885. The van der Waals surface area contributed by atoms with Crippen LogP contribution in [0.25, 0.3) is 0 Å². The third-order valence-electron chi connectivity index (χ3n) is 3.71. The second-order valence-electron chi connectivity index (χ2n) is 5.68. The zero-order valence-corrected chi connectivity index (χ0v) is 12.6. The van der Waals surface area contributed by atoms with Gasteiger partial charge in [0.1, 0.15) is 0 Å². The molecule has 2 N–H and O–H groups in total. The lowest BCUT2D eigenvalue weighted by molar-refractivity contribution is -0.142. The van der Waals surface area contributed by atoms with E-state index in [0.717, 1.165) is 12.8 Å². The second-order valence-corrected chi connectivity index (χ2v) is 7.48. The van der Waals surface area contributed by atoms with Crippen LogP contribution in [0.4, 0.5) is 0 Å². The smallest absolute Gasteiger partial charge is 0.306 e. The molecule has 5 nitrogen and oxygen atoms in total. The summed E-state index contributed by atoms with van der Waals surface area (Å²) in [5, 5.41) is 8.90. The first-order chi connectivity index (χ1) is 8.84. The topological polar surface area (TPSA) is 83.5 Å².